The summed E-state index contributed by atoms with van der Waals surface area (Å²) in [5.41, 5.74) is 0. The van der Waals surface area contributed by atoms with Gasteiger partial charge in [0.25, 0.3) is 10.0 Å². The third kappa shape index (κ3) is 3.00. The Hall–Kier alpha value is -1.45. The number of carboxylic acids is 1. The predicted octanol–water partition coefficient (Wildman–Crippen LogP) is 0.0535. The van der Waals surface area contributed by atoms with Crippen molar-refractivity contribution in [3.8, 4) is 0 Å². The zero-order valence-electron chi connectivity index (χ0n) is 11.2. The molecule has 112 valence electrons. The molecule has 0 bridgehead atoms. The minimum absolute atomic E-state index is 0.0699. The number of aliphatic carboxylic acids is 1. The van der Waals surface area contributed by atoms with Crippen molar-refractivity contribution in [1.82, 2.24) is 14.7 Å². The number of imidazole rings is 1. The number of nitrogens with zero attached hydrogens (tertiary/aromatic N) is 1. The molecule has 0 spiro atoms. The average Bonchev–Trinajstić information content (AvgIpc) is 2.95. The van der Waals surface area contributed by atoms with Gasteiger partial charge < -0.3 is 14.8 Å². The van der Waals surface area contributed by atoms with Gasteiger partial charge in [0, 0.05) is 12.5 Å². The first-order valence-electron chi connectivity index (χ1n) is 6.23. The molecule has 20 heavy (non-hydrogen) atoms. The number of ether oxygens (including phenoxy) is 1. The van der Waals surface area contributed by atoms with Crippen molar-refractivity contribution >= 4 is 16.0 Å². The van der Waals surface area contributed by atoms with Gasteiger partial charge in [0.2, 0.25) is 0 Å². The van der Waals surface area contributed by atoms with Crippen LogP contribution in [0.5, 0.6) is 0 Å². The number of sulfonamides is 1. The van der Waals surface area contributed by atoms with Gasteiger partial charge in [-0.3, -0.25) is 0 Å². The maximum Gasteiger partial charge on any atom is 0.334 e. The highest BCUT2D eigenvalue weighted by Crippen LogP contribution is 2.18. The van der Waals surface area contributed by atoms with E-state index < -0.39 is 28.1 Å². The molecule has 1 aliphatic rings. The van der Waals surface area contributed by atoms with Crippen LogP contribution in [0.15, 0.2) is 11.2 Å². The van der Waals surface area contributed by atoms with E-state index in [0.29, 0.717) is 12.2 Å². The Morgan fingerprint density at radius 2 is 2.30 bits per heavy atom. The molecule has 2 rings (SSSR count). The summed E-state index contributed by atoms with van der Waals surface area (Å²) in [5, 5.41) is 8.88. The lowest BCUT2D eigenvalue weighted by Gasteiger charge is -2.15. The summed E-state index contributed by atoms with van der Waals surface area (Å²) in [7, 11) is -3.83. The number of rotatable bonds is 5. The molecule has 0 unspecified atom stereocenters. The Labute approximate surface area is 116 Å². The molecule has 0 aromatic carbocycles. The largest absolute Gasteiger partial charge is 0.479 e. The number of hydrogen-bond donors (Lipinski definition) is 3. The van der Waals surface area contributed by atoms with Crippen LogP contribution in [0.1, 0.15) is 32.0 Å². The zero-order valence-corrected chi connectivity index (χ0v) is 12.0. The molecule has 2 heterocycles. The van der Waals surface area contributed by atoms with Crippen LogP contribution in [0.3, 0.4) is 0 Å². The molecular formula is C11H17N3O5S. The Morgan fingerprint density at radius 3 is 2.85 bits per heavy atom. The van der Waals surface area contributed by atoms with Crippen LogP contribution in [0.25, 0.3) is 0 Å². The number of aromatic amines is 1. The van der Waals surface area contributed by atoms with Crippen LogP contribution in [0, 0.1) is 0 Å². The fourth-order valence-electron chi connectivity index (χ4n) is 1.97. The van der Waals surface area contributed by atoms with E-state index in [-0.39, 0.29) is 17.6 Å². The zero-order chi connectivity index (χ0) is 14.9. The molecule has 8 nitrogen and oxygen atoms in total. The van der Waals surface area contributed by atoms with Crippen LogP contribution >= 0.6 is 0 Å². The second-order valence-electron chi connectivity index (χ2n) is 4.93. The first kappa shape index (κ1) is 14.9. The summed E-state index contributed by atoms with van der Waals surface area (Å²) in [6.07, 6.45) is 0.391. The lowest BCUT2D eigenvalue weighted by Crippen LogP contribution is -2.44. The highest BCUT2D eigenvalue weighted by atomic mass is 32.2. The minimum atomic E-state index is -3.83. The Morgan fingerprint density at radius 1 is 1.60 bits per heavy atom. The van der Waals surface area contributed by atoms with Gasteiger partial charge in [0.05, 0.1) is 12.2 Å². The van der Waals surface area contributed by atoms with Crippen molar-refractivity contribution in [2.45, 2.75) is 43.4 Å². The molecule has 0 amide bonds. The maximum absolute atomic E-state index is 12.2. The lowest BCUT2D eigenvalue weighted by atomic mass is 10.2. The molecule has 3 N–H and O–H groups in total. The number of carboxylic acid groups (broad SMARTS) is 1. The SMILES string of the molecule is CC(C)c1ncc(S(=O)(=O)N[C@@H]2CCO[C@@H]2C(=O)O)[nH]1. The number of H-pyrrole nitrogens is 1. The molecule has 0 saturated carbocycles. The quantitative estimate of drug-likeness (QED) is 0.707. The summed E-state index contributed by atoms with van der Waals surface area (Å²) >= 11 is 0. The van der Waals surface area contributed by atoms with Crippen molar-refractivity contribution in [3.05, 3.63) is 12.0 Å². The van der Waals surface area contributed by atoms with Gasteiger partial charge in [-0.2, -0.15) is 0 Å². The van der Waals surface area contributed by atoms with Crippen molar-refractivity contribution in [2.24, 2.45) is 0 Å². The van der Waals surface area contributed by atoms with Gasteiger partial charge >= 0.3 is 5.97 Å². The first-order valence-corrected chi connectivity index (χ1v) is 7.71. The highest BCUT2D eigenvalue weighted by molar-refractivity contribution is 7.89. The summed E-state index contributed by atoms with van der Waals surface area (Å²) in [5.74, 6) is -0.550. The van der Waals surface area contributed by atoms with E-state index >= 15 is 0 Å². The standard InChI is InChI=1S/C11H17N3O5S/c1-6(2)10-12-5-8(13-10)20(17,18)14-7-3-4-19-9(7)11(15)16/h5-7,9,14H,3-4H2,1-2H3,(H,12,13)(H,15,16)/t7-,9+/m1/s1. The van der Waals surface area contributed by atoms with E-state index in [2.05, 4.69) is 14.7 Å². The van der Waals surface area contributed by atoms with Crippen LogP contribution in [-0.4, -0.2) is 48.2 Å². The molecule has 1 aliphatic heterocycles. The fourth-order valence-corrected chi connectivity index (χ4v) is 3.16. The predicted molar refractivity (Wildman–Crippen MR) is 68.8 cm³/mol. The lowest BCUT2D eigenvalue weighted by molar-refractivity contribution is -0.148. The normalized spacial score (nSPS) is 23.4. The van der Waals surface area contributed by atoms with Crippen molar-refractivity contribution in [3.63, 3.8) is 0 Å². The Balaban J connectivity index is 2.16. The molecule has 1 aromatic heterocycles. The smallest absolute Gasteiger partial charge is 0.334 e. The van der Waals surface area contributed by atoms with E-state index in [0.717, 1.165) is 0 Å². The fraction of sp³-hybridized carbons (Fsp3) is 0.636. The van der Waals surface area contributed by atoms with Crippen molar-refractivity contribution in [2.75, 3.05) is 6.61 Å². The van der Waals surface area contributed by atoms with E-state index in [1.165, 1.54) is 6.20 Å². The Kier molecular flexibility index (Phi) is 4.11. The van der Waals surface area contributed by atoms with Crippen molar-refractivity contribution < 1.29 is 23.1 Å². The molecule has 0 aliphatic carbocycles. The van der Waals surface area contributed by atoms with Gasteiger partial charge in [0.1, 0.15) is 5.82 Å². The number of aromatic nitrogens is 2. The third-order valence-corrected chi connectivity index (χ3v) is 4.45. The third-order valence-electron chi connectivity index (χ3n) is 3.05. The number of hydrogen-bond acceptors (Lipinski definition) is 5. The molecule has 1 fully saturated rings. The van der Waals surface area contributed by atoms with E-state index in [9.17, 15) is 13.2 Å². The second kappa shape index (κ2) is 5.51. The molecule has 2 atom stereocenters. The molecular weight excluding hydrogens is 286 g/mol. The molecule has 1 saturated heterocycles. The van der Waals surface area contributed by atoms with Gasteiger partial charge in [0.15, 0.2) is 11.1 Å². The number of carbonyl (C=O) groups is 1. The molecule has 0 radical (unpaired) electrons. The summed E-state index contributed by atoms with van der Waals surface area (Å²) in [6.45, 7) is 3.98. The summed E-state index contributed by atoms with van der Waals surface area (Å²) in [4.78, 5) is 17.7. The van der Waals surface area contributed by atoms with Gasteiger partial charge in [-0.25, -0.2) is 22.9 Å². The minimum Gasteiger partial charge on any atom is -0.479 e. The second-order valence-corrected chi connectivity index (χ2v) is 6.62. The molecule has 9 heteroatoms. The highest BCUT2D eigenvalue weighted by Gasteiger charge is 2.37. The van der Waals surface area contributed by atoms with Gasteiger partial charge in [-0.1, -0.05) is 13.8 Å². The Bertz CT molecular complexity index is 595. The van der Waals surface area contributed by atoms with Crippen LogP contribution < -0.4 is 4.72 Å². The maximum atomic E-state index is 12.2. The topological polar surface area (TPSA) is 121 Å². The monoisotopic (exact) mass is 303 g/mol. The van der Waals surface area contributed by atoms with Crippen molar-refractivity contribution in [1.29, 1.82) is 0 Å². The molecule has 1 aromatic rings. The summed E-state index contributed by atoms with van der Waals surface area (Å²) < 4.78 is 31.7. The van der Waals surface area contributed by atoms with Crippen LogP contribution in [0.2, 0.25) is 0 Å². The van der Waals surface area contributed by atoms with E-state index in [1.807, 2.05) is 13.8 Å². The van der Waals surface area contributed by atoms with E-state index in [1.54, 1.807) is 0 Å². The first-order chi connectivity index (χ1) is 9.31. The average molecular weight is 303 g/mol. The van der Waals surface area contributed by atoms with Gasteiger partial charge in [-0.15, -0.1) is 0 Å². The van der Waals surface area contributed by atoms with Gasteiger partial charge in [-0.05, 0) is 6.42 Å². The van der Waals surface area contributed by atoms with Crippen LogP contribution in [0.4, 0.5) is 0 Å². The number of nitrogens with one attached hydrogen (secondary N) is 2. The van der Waals surface area contributed by atoms with Crippen LogP contribution in [-0.2, 0) is 19.6 Å². The summed E-state index contributed by atoms with van der Waals surface area (Å²) in [6, 6.07) is -0.775. The van der Waals surface area contributed by atoms with E-state index in [4.69, 9.17) is 9.84 Å².